The van der Waals surface area contributed by atoms with Gasteiger partial charge in [0.25, 0.3) is 0 Å². The Morgan fingerprint density at radius 2 is 2.07 bits per heavy atom. The third kappa shape index (κ3) is 2.01. The Morgan fingerprint density at radius 3 is 2.60 bits per heavy atom. The summed E-state index contributed by atoms with van der Waals surface area (Å²) < 4.78 is 0. The van der Waals surface area contributed by atoms with Crippen molar-refractivity contribution < 1.29 is 0 Å². The van der Waals surface area contributed by atoms with Gasteiger partial charge in [0.1, 0.15) is 0 Å². The highest BCUT2D eigenvalue weighted by Gasteiger charge is 2.27. The zero-order chi connectivity index (χ0) is 10.8. The van der Waals surface area contributed by atoms with E-state index in [1.165, 1.54) is 0 Å². The lowest BCUT2D eigenvalue weighted by Gasteiger charge is -2.39. The third-order valence-corrected chi connectivity index (χ3v) is 3.26. The summed E-state index contributed by atoms with van der Waals surface area (Å²) in [6, 6.07) is 0.979. The lowest BCUT2D eigenvalue weighted by Crippen LogP contribution is -2.56. The van der Waals surface area contributed by atoms with Gasteiger partial charge in [0, 0.05) is 31.5 Å². The maximum atomic E-state index is 4.42. The first-order chi connectivity index (χ1) is 7.20. The van der Waals surface area contributed by atoms with Gasteiger partial charge in [-0.1, -0.05) is 0 Å². The van der Waals surface area contributed by atoms with Crippen LogP contribution in [0.2, 0.25) is 0 Å². The average molecular weight is 206 g/mol. The number of aryl methyl sites for hydroxylation is 1. The molecule has 0 saturated carbocycles. The second kappa shape index (κ2) is 4.24. The molecule has 2 rings (SSSR count). The van der Waals surface area contributed by atoms with Crippen LogP contribution in [0.5, 0.6) is 0 Å². The first-order valence-corrected chi connectivity index (χ1v) is 5.40. The van der Waals surface area contributed by atoms with E-state index >= 15 is 0 Å². The van der Waals surface area contributed by atoms with Crippen LogP contribution in [0.1, 0.15) is 24.4 Å². The van der Waals surface area contributed by atoms with Crippen LogP contribution in [0.4, 0.5) is 0 Å². The number of nitrogens with one attached hydrogen (secondary N) is 1. The van der Waals surface area contributed by atoms with Gasteiger partial charge in [-0.2, -0.15) is 0 Å². The summed E-state index contributed by atoms with van der Waals surface area (Å²) in [5.74, 6) is 0. The van der Waals surface area contributed by atoms with Crippen molar-refractivity contribution in [3.05, 3.63) is 23.8 Å². The molecule has 1 fully saturated rings. The van der Waals surface area contributed by atoms with Crippen molar-refractivity contribution in [1.29, 1.82) is 0 Å². The highest BCUT2D eigenvalue weighted by atomic mass is 15.2. The van der Waals surface area contributed by atoms with Crippen molar-refractivity contribution in [1.82, 2.24) is 20.2 Å². The van der Waals surface area contributed by atoms with Gasteiger partial charge >= 0.3 is 0 Å². The molecule has 0 aliphatic carbocycles. The zero-order valence-electron chi connectivity index (χ0n) is 9.57. The van der Waals surface area contributed by atoms with E-state index in [0.717, 1.165) is 24.5 Å². The molecule has 4 nitrogen and oxygen atoms in total. The molecule has 1 aliphatic rings. The Labute approximate surface area is 90.7 Å². The second-order valence-electron chi connectivity index (χ2n) is 4.18. The molecule has 1 aromatic heterocycles. The van der Waals surface area contributed by atoms with E-state index in [-0.39, 0.29) is 0 Å². The van der Waals surface area contributed by atoms with Crippen molar-refractivity contribution in [2.45, 2.75) is 25.9 Å². The highest BCUT2D eigenvalue weighted by Crippen LogP contribution is 2.21. The Hall–Kier alpha value is -1.00. The molecular weight excluding hydrogens is 188 g/mol. The van der Waals surface area contributed by atoms with Gasteiger partial charge in [0.15, 0.2) is 0 Å². The van der Waals surface area contributed by atoms with Gasteiger partial charge in [-0.25, -0.2) is 0 Å². The molecule has 4 heteroatoms. The first-order valence-electron chi connectivity index (χ1n) is 5.40. The molecule has 1 atom stereocenters. The Morgan fingerprint density at radius 1 is 1.40 bits per heavy atom. The van der Waals surface area contributed by atoms with Crippen molar-refractivity contribution >= 4 is 0 Å². The van der Waals surface area contributed by atoms with Gasteiger partial charge in [-0.3, -0.25) is 14.9 Å². The van der Waals surface area contributed by atoms with E-state index in [1.807, 2.05) is 6.92 Å². The van der Waals surface area contributed by atoms with Crippen molar-refractivity contribution in [3.63, 3.8) is 0 Å². The smallest absolute Gasteiger partial charge is 0.0784 e. The summed E-state index contributed by atoms with van der Waals surface area (Å²) in [5, 5.41) is 3.29. The molecule has 15 heavy (non-hydrogen) atoms. The average Bonchev–Trinajstić information content (AvgIpc) is 2.15. The summed E-state index contributed by atoms with van der Waals surface area (Å²) in [6.45, 7) is 6.38. The van der Waals surface area contributed by atoms with Gasteiger partial charge in [-0.05, 0) is 20.9 Å². The van der Waals surface area contributed by atoms with Crippen LogP contribution in [0.25, 0.3) is 0 Å². The van der Waals surface area contributed by atoms with Crippen molar-refractivity contribution in [3.8, 4) is 0 Å². The summed E-state index contributed by atoms with van der Waals surface area (Å²) in [6.07, 6.45) is 3.52. The number of aromatic nitrogens is 2. The maximum Gasteiger partial charge on any atom is 0.0784 e. The molecule has 82 valence electrons. The molecule has 0 spiro atoms. The second-order valence-corrected chi connectivity index (χ2v) is 4.18. The van der Waals surface area contributed by atoms with E-state index < -0.39 is 0 Å². The molecule has 1 aromatic rings. The van der Waals surface area contributed by atoms with E-state index in [4.69, 9.17) is 0 Å². The highest BCUT2D eigenvalue weighted by molar-refractivity contribution is 5.13. The molecule has 2 heterocycles. The van der Waals surface area contributed by atoms with Gasteiger partial charge in [-0.15, -0.1) is 0 Å². The fourth-order valence-corrected chi connectivity index (χ4v) is 1.90. The molecule has 0 aromatic carbocycles. The van der Waals surface area contributed by atoms with Crippen LogP contribution in [0.3, 0.4) is 0 Å². The van der Waals surface area contributed by atoms with Crippen LogP contribution < -0.4 is 5.32 Å². The molecule has 0 amide bonds. The van der Waals surface area contributed by atoms with Crippen LogP contribution in [0, 0.1) is 6.92 Å². The summed E-state index contributed by atoms with van der Waals surface area (Å²) in [4.78, 5) is 11.1. The fourth-order valence-electron chi connectivity index (χ4n) is 1.90. The minimum Gasteiger partial charge on any atom is -0.314 e. The summed E-state index contributed by atoms with van der Waals surface area (Å²) in [5.41, 5.74) is 2.12. The van der Waals surface area contributed by atoms with Gasteiger partial charge < -0.3 is 5.32 Å². The fraction of sp³-hybridized carbons (Fsp3) is 0.636. The SMILES string of the molecule is Cc1nccnc1C(C)N(C)C1CNC1. The molecular formula is C11H18N4. The van der Waals surface area contributed by atoms with Crippen molar-refractivity contribution in [2.75, 3.05) is 20.1 Å². The van der Waals surface area contributed by atoms with Crippen LogP contribution in [-0.4, -0.2) is 41.0 Å². The lowest BCUT2D eigenvalue weighted by molar-refractivity contribution is 0.133. The monoisotopic (exact) mass is 206 g/mol. The van der Waals surface area contributed by atoms with E-state index in [1.54, 1.807) is 12.4 Å². The lowest BCUT2D eigenvalue weighted by atomic mass is 10.1. The molecule has 1 saturated heterocycles. The van der Waals surface area contributed by atoms with E-state index in [0.29, 0.717) is 12.1 Å². The van der Waals surface area contributed by atoms with Crippen LogP contribution in [0.15, 0.2) is 12.4 Å². The van der Waals surface area contributed by atoms with E-state index in [9.17, 15) is 0 Å². The Bertz CT molecular complexity index is 335. The molecule has 0 radical (unpaired) electrons. The topological polar surface area (TPSA) is 41.1 Å². The predicted molar refractivity (Wildman–Crippen MR) is 59.6 cm³/mol. The number of nitrogens with zero attached hydrogens (tertiary/aromatic N) is 3. The van der Waals surface area contributed by atoms with Crippen LogP contribution >= 0.6 is 0 Å². The number of hydrogen-bond acceptors (Lipinski definition) is 4. The zero-order valence-corrected chi connectivity index (χ0v) is 9.57. The largest absolute Gasteiger partial charge is 0.314 e. The molecule has 1 unspecified atom stereocenters. The molecule has 0 bridgehead atoms. The summed E-state index contributed by atoms with van der Waals surface area (Å²) in [7, 11) is 2.16. The number of likely N-dealkylation sites (N-methyl/N-ethyl adjacent to an activating group) is 1. The third-order valence-electron chi connectivity index (χ3n) is 3.26. The quantitative estimate of drug-likeness (QED) is 0.792. The minimum absolute atomic E-state index is 0.339. The normalized spacial score (nSPS) is 18.9. The molecule has 1 aliphatic heterocycles. The molecule has 1 N–H and O–H groups in total. The predicted octanol–water partition coefficient (Wildman–Crippen LogP) is 0.750. The Kier molecular flexibility index (Phi) is 2.98. The number of rotatable bonds is 3. The minimum atomic E-state index is 0.339. The standard InChI is InChI=1S/C11H18N4/c1-8-11(14-5-4-13-8)9(2)15(3)10-6-12-7-10/h4-5,9-10,12H,6-7H2,1-3H3. The Balaban J connectivity index is 2.12. The van der Waals surface area contributed by atoms with Crippen molar-refractivity contribution in [2.24, 2.45) is 0 Å². The van der Waals surface area contributed by atoms with Gasteiger partial charge in [0.05, 0.1) is 17.4 Å². The first kappa shape index (κ1) is 10.5. The maximum absolute atomic E-state index is 4.42. The number of hydrogen-bond donors (Lipinski definition) is 1. The van der Waals surface area contributed by atoms with Gasteiger partial charge in [0.2, 0.25) is 0 Å². The van der Waals surface area contributed by atoms with Crippen LogP contribution in [-0.2, 0) is 0 Å². The summed E-state index contributed by atoms with van der Waals surface area (Å²) >= 11 is 0. The van der Waals surface area contributed by atoms with E-state index in [2.05, 4.69) is 34.2 Å².